The standard InChI is InChI=1S/C23H29N6O7P/c1-4-9-26-14-19-21(28(5-2)22(26)30)25-20(29(19)23(31)35-15-36-37(32,33)34)18-11-24-27(13-18)12-17-8-6-7-16(3)10-17/h6-8,10-11,13H,4-5,9,12,14-15H2,1-3H3,(H2,32,33,34). The second kappa shape index (κ2) is 10.9. The first-order valence-corrected chi connectivity index (χ1v) is 13.3. The highest BCUT2D eigenvalue weighted by molar-refractivity contribution is 7.46. The molecule has 198 valence electrons. The van der Waals surface area contributed by atoms with E-state index in [4.69, 9.17) is 14.5 Å². The third-order valence-electron chi connectivity index (χ3n) is 5.76. The molecule has 2 amide bonds. The number of rotatable bonds is 9. The maximum Gasteiger partial charge on any atom is 0.472 e. The van der Waals surface area contributed by atoms with Crippen LogP contribution in [0.15, 0.2) is 36.7 Å². The van der Waals surface area contributed by atoms with Crippen molar-refractivity contribution in [2.75, 3.05) is 24.8 Å². The van der Waals surface area contributed by atoms with E-state index in [2.05, 4.69) is 14.6 Å². The maximum atomic E-state index is 13.2. The molecule has 0 unspecified atom stereocenters. The molecule has 0 radical (unpaired) electrons. The van der Waals surface area contributed by atoms with Crippen molar-refractivity contribution in [1.82, 2.24) is 24.2 Å². The van der Waals surface area contributed by atoms with Crippen LogP contribution in [-0.2, 0) is 26.9 Å². The van der Waals surface area contributed by atoms with Crippen LogP contribution in [-0.4, -0.2) is 66.0 Å². The summed E-state index contributed by atoms with van der Waals surface area (Å²) < 4.78 is 23.2. The normalized spacial score (nSPS) is 13.7. The van der Waals surface area contributed by atoms with Gasteiger partial charge in [-0.3, -0.25) is 9.58 Å². The summed E-state index contributed by atoms with van der Waals surface area (Å²) in [6.45, 7) is 6.19. The van der Waals surface area contributed by atoms with Crippen molar-refractivity contribution in [3.8, 4) is 11.4 Å². The Labute approximate surface area is 213 Å². The lowest BCUT2D eigenvalue weighted by Gasteiger charge is -2.34. The van der Waals surface area contributed by atoms with E-state index in [0.717, 1.165) is 11.1 Å². The fourth-order valence-corrected chi connectivity index (χ4v) is 4.39. The Morgan fingerprint density at radius 2 is 2.03 bits per heavy atom. The molecule has 13 nitrogen and oxygen atoms in total. The van der Waals surface area contributed by atoms with Gasteiger partial charge >= 0.3 is 19.9 Å². The highest BCUT2D eigenvalue weighted by Crippen LogP contribution is 2.36. The monoisotopic (exact) mass is 532 g/mol. The topological polar surface area (TPSA) is 152 Å². The van der Waals surface area contributed by atoms with Gasteiger partial charge in [-0.15, -0.1) is 0 Å². The number of fused-ring (bicyclic) bond motifs is 1. The molecule has 0 saturated heterocycles. The fraction of sp³-hybridized carbons (Fsp3) is 0.391. The Bertz CT molecular complexity index is 1350. The molecule has 1 aliphatic rings. The molecule has 0 saturated carbocycles. The number of nitrogens with zero attached hydrogens (tertiary/aromatic N) is 6. The van der Waals surface area contributed by atoms with Crippen molar-refractivity contribution in [3.63, 3.8) is 0 Å². The molecule has 4 rings (SSSR count). The van der Waals surface area contributed by atoms with Crippen LogP contribution < -0.4 is 4.90 Å². The molecule has 0 atom stereocenters. The van der Waals surface area contributed by atoms with Gasteiger partial charge in [-0.2, -0.15) is 5.10 Å². The number of ether oxygens (including phenoxy) is 1. The van der Waals surface area contributed by atoms with Gasteiger partial charge in [-0.1, -0.05) is 36.8 Å². The number of imidazole rings is 1. The third kappa shape index (κ3) is 5.91. The Morgan fingerprint density at radius 3 is 2.70 bits per heavy atom. The van der Waals surface area contributed by atoms with Crippen LogP contribution in [0.5, 0.6) is 0 Å². The highest BCUT2D eigenvalue weighted by atomic mass is 31.2. The van der Waals surface area contributed by atoms with Crippen molar-refractivity contribution in [2.24, 2.45) is 0 Å². The van der Waals surface area contributed by atoms with Crippen LogP contribution in [0.4, 0.5) is 15.4 Å². The largest absolute Gasteiger partial charge is 0.472 e. The number of amides is 2. The second-order valence-electron chi connectivity index (χ2n) is 8.55. The van der Waals surface area contributed by atoms with Gasteiger partial charge in [0.1, 0.15) is 0 Å². The zero-order valence-corrected chi connectivity index (χ0v) is 21.7. The molecule has 1 aliphatic heterocycles. The van der Waals surface area contributed by atoms with Gasteiger partial charge < -0.3 is 19.4 Å². The van der Waals surface area contributed by atoms with E-state index in [9.17, 15) is 14.2 Å². The van der Waals surface area contributed by atoms with Crippen LogP contribution in [0.3, 0.4) is 0 Å². The number of benzene rings is 1. The van der Waals surface area contributed by atoms with Crippen molar-refractivity contribution >= 4 is 25.8 Å². The summed E-state index contributed by atoms with van der Waals surface area (Å²) in [7, 11) is -4.84. The van der Waals surface area contributed by atoms with Crippen molar-refractivity contribution in [1.29, 1.82) is 0 Å². The maximum absolute atomic E-state index is 13.2. The summed E-state index contributed by atoms with van der Waals surface area (Å²) in [6, 6.07) is 7.78. The minimum absolute atomic E-state index is 0.109. The number of anilines is 1. The van der Waals surface area contributed by atoms with Crippen LogP contribution in [0.2, 0.25) is 0 Å². The van der Waals surface area contributed by atoms with E-state index in [1.54, 1.807) is 22.0 Å². The second-order valence-corrected chi connectivity index (χ2v) is 9.79. The van der Waals surface area contributed by atoms with Crippen molar-refractivity contribution in [2.45, 2.75) is 40.3 Å². The van der Waals surface area contributed by atoms with Gasteiger partial charge in [-0.25, -0.2) is 28.2 Å². The number of urea groups is 1. The van der Waals surface area contributed by atoms with Crippen LogP contribution in [0, 0.1) is 6.92 Å². The molecule has 14 heteroatoms. The summed E-state index contributed by atoms with van der Waals surface area (Å²) in [4.78, 5) is 51.7. The van der Waals surface area contributed by atoms with Gasteiger partial charge in [-0.05, 0) is 25.8 Å². The molecule has 37 heavy (non-hydrogen) atoms. The van der Waals surface area contributed by atoms with Gasteiger partial charge in [0.15, 0.2) is 11.6 Å². The van der Waals surface area contributed by atoms with Gasteiger partial charge in [0, 0.05) is 19.3 Å². The summed E-state index contributed by atoms with van der Waals surface area (Å²) in [5, 5.41) is 4.41. The summed E-state index contributed by atoms with van der Waals surface area (Å²) in [5.41, 5.74) is 3.08. The number of carbonyl (C=O) groups is 2. The number of hydrogen-bond acceptors (Lipinski definition) is 7. The van der Waals surface area contributed by atoms with E-state index in [1.165, 1.54) is 9.47 Å². The third-order valence-corrected chi connectivity index (χ3v) is 6.21. The Hall–Kier alpha value is -3.51. The molecule has 0 bridgehead atoms. The number of hydrogen-bond donors (Lipinski definition) is 2. The molecule has 3 heterocycles. The number of aryl methyl sites for hydroxylation is 1. The lowest BCUT2D eigenvalue weighted by molar-refractivity contribution is 0.0402. The molecule has 2 aromatic heterocycles. The van der Waals surface area contributed by atoms with E-state index in [1.807, 2.05) is 45.0 Å². The fourth-order valence-electron chi connectivity index (χ4n) is 4.20. The van der Waals surface area contributed by atoms with E-state index in [-0.39, 0.29) is 18.4 Å². The summed E-state index contributed by atoms with van der Waals surface area (Å²) in [6.07, 6.45) is 3.05. The van der Waals surface area contributed by atoms with E-state index in [0.29, 0.717) is 43.1 Å². The molecule has 2 N–H and O–H groups in total. The van der Waals surface area contributed by atoms with E-state index < -0.39 is 20.7 Å². The Morgan fingerprint density at radius 1 is 1.24 bits per heavy atom. The molecule has 0 aliphatic carbocycles. The molecule has 3 aromatic rings. The lowest BCUT2D eigenvalue weighted by Crippen LogP contribution is -2.48. The van der Waals surface area contributed by atoms with Crippen LogP contribution in [0.1, 0.15) is 37.1 Å². The average molecular weight is 532 g/mol. The number of aromatic nitrogens is 4. The van der Waals surface area contributed by atoms with Crippen molar-refractivity contribution < 1.29 is 33.2 Å². The zero-order valence-electron chi connectivity index (χ0n) is 20.8. The minimum atomic E-state index is -4.84. The minimum Gasteiger partial charge on any atom is -0.421 e. The Kier molecular flexibility index (Phi) is 7.79. The molecule has 0 spiro atoms. The number of phosphoric acid groups is 1. The highest BCUT2D eigenvalue weighted by Gasteiger charge is 2.37. The predicted molar refractivity (Wildman–Crippen MR) is 133 cm³/mol. The zero-order chi connectivity index (χ0) is 26.7. The van der Waals surface area contributed by atoms with Gasteiger partial charge in [0.2, 0.25) is 6.79 Å². The van der Waals surface area contributed by atoms with E-state index >= 15 is 0 Å². The van der Waals surface area contributed by atoms with Gasteiger partial charge in [0.05, 0.1) is 30.5 Å². The van der Waals surface area contributed by atoms with Gasteiger partial charge in [0.25, 0.3) is 0 Å². The van der Waals surface area contributed by atoms with Crippen molar-refractivity contribution in [3.05, 3.63) is 53.5 Å². The number of carbonyl (C=O) groups excluding carboxylic acids is 2. The molecular formula is C23H29N6O7P. The first kappa shape index (κ1) is 26.6. The molecular weight excluding hydrogens is 503 g/mol. The SMILES string of the molecule is CCCN1Cc2c(nc(-c3cnn(Cc4cccc(C)c4)c3)n2C(=O)OCOP(=O)(O)O)N(CC)C1=O. The summed E-state index contributed by atoms with van der Waals surface area (Å²) >= 11 is 0. The Balaban J connectivity index is 1.73. The van der Waals surface area contributed by atoms with Crippen LogP contribution in [0.25, 0.3) is 11.4 Å². The first-order valence-electron chi connectivity index (χ1n) is 11.7. The smallest absolute Gasteiger partial charge is 0.421 e. The summed E-state index contributed by atoms with van der Waals surface area (Å²) in [5.74, 6) is 0.500. The molecule has 1 aromatic carbocycles. The van der Waals surface area contributed by atoms with Crippen LogP contribution >= 0.6 is 7.82 Å². The quantitative estimate of drug-likeness (QED) is 0.312. The lowest BCUT2D eigenvalue weighted by atomic mass is 10.1. The average Bonchev–Trinajstić information content (AvgIpc) is 3.43. The predicted octanol–water partition coefficient (Wildman–Crippen LogP) is 3.33. The molecule has 0 fully saturated rings. The number of phosphoric ester groups is 1. The first-order chi connectivity index (χ1) is 17.6.